The second kappa shape index (κ2) is 20.8. The van der Waals surface area contributed by atoms with Gasteiger partial charge in [-0.05, 0) is 0 Å². The summed E-state index contributed by atoms with van der Waals surface area (Å²) in [5, 5.41) is 0. The maximum Gasteiger partial charge on any atom is 0 e. The fourth-order valence-corrected chi connectivity index (χ4v) is 2.55. The first kappa shape index (κ1) is 21.8. The topological polar surface area (TPSA) is 0 Å². The van der Waals surface area contributed by atoms with Crippen LogP contribution in [0.25, 0.3) is 0 Å². The summed E-state index contributed by atoms with van der Waals surface area (Å²) in [6.07, 6.45) is 22.8. The van der Waals surface area contributed by atoms with Gasteiger partial charge in [0.1, 0.15) is 0 Å². The Bertz CT molecular complexity index is 118. The van der Waals surface area contributed by atoms with Crippen LogP contribution in [0.15, 0.2) is 0 Å². The smallest absolute Gasteiger partial charge is 0 e. The third-order valence-electron chi connectivity index (χ3n) is 3.85. The van der Waals surface area contributed by atoms with Crippen LogP contribution in [0.4, 0.5) is 0 Å². The van der Waals surface area contributed by atoms with Gasteiger partial charge in [-0.3, -0.25) is 0 Å². The summed E-state index contributed by atoms with van der Waals surface area (Å²) >= 11 is 0. The summed E-state index contributed by atoms with van der Waals surface area (Å²) < 4.78 is 0. The van der Waals surface area contributed by atoms with Crippen LogP contribution in [-0.2, 0) is 16.8 Å². The molecule has 118 valence electrons. The molecule has 2 radical (unpaired) electrons. The van der Waals surface area contributed by atoms with Crippen molar-refractivity contribution in [2.45, 2.75) is 110 Å². The molecular formula is C18H37Co. The Morgan fingerprint density at radius 1 is 0.474 bits per heavy atom. The molecule has 19 heavy (non-hydrogen) atoms. The molecule has 0 heterocycles. The Morgan fingerprint density at radius 2 is 0.737 bits per heavy atom. The SMILES string of the molecule is [CH2]CCCCCCCCCCCCCCCCC.[Co]. The third kappa shape index (κ3) is 21.0. The number of hydrogen-bond acceptors (Lipinski definition) is 0. The molecule has 0 aliphatic rings. The fraction of sp³-hybridized carbons (Fsp3) is 0.944. The molecule has 0 saturated heterocycles. The first-order valence-corrected chi connectivity index (χ1v) is 8.71. The quantitative estimate of drug-likeness (QED) is 0.283. The van der Waals surface area contributed by atoms with Crippen LogP contribution >= 0.6 is 0 Å². The standard InChI is InChI=1S/C18H37.Co/c1-3-5-7-9-11-13-15-17-18-16-14-12-10-8-6-4-2;/h1,3-18H2,2H3;. The molecule has 0 fully saturated rings. The number of rotatable bonds is 15. The Morgan fingerprint density at radius 3 is 1.00 bits per heavy atom. The van der Waals surface area contributed by atoms with Gasteiger partial charge in [0, 0.05) is 16.8 Å². The van der Waals surface area contributed by atoms with Gasteiger partial charge >= 0.3 is 0 Å². The van der Waals surface area contributed by atoms with Crippen molar-refractivity contribution < 1.29 is 16.8 Å². The molecule has 0 atom stereocenters. The van der Waals surface area contributed by atoms with E-state index in [1.54, 1.807) is 0 Å². The van der Waals surface area contributed by atoms with Crippen molar-refractivity contribution >= 4 is 0 Å². The van der Waals surface area contributed by atoms with Crippen LogP contribution in [0, 0.1) is 6.92 Å². The molecule has 0 nitrogen and oxygen atoms in total. The van der Waals surface area contributed by atoms with Crippen LogP contribution in [0.5, 0.6) is 0 Å². The van der Waals surface area contributed by atoms with Crippen LogP contribution < -0.4 is 0 Å². The van der Waals surface area contributed by atoms with E-state index in [0.29, 0.717) is 0 Å². The van der Waals surface area contributed by atoms with Gasteiger partial charge in [-0.2, -0.15) is 0 Å². The predicted molar refractivity (Wildman–Crippen MR) is 84.9 cm³/mol. The zero-order chi connectivity index (χ0) is 13.3. The first-order valence-electron chi connectivity index (χ1n) is 8.71. The minimum atomic E-state index is 0. The zero-order valence-corrected chi connectivity index (χ0v) is 14.4. The monoisotopic (exact) mass is 312 g/mol. The predicted octanol–water partition coefficient (Wildman–Crippen LogP) is 7.08. The Hall–Kier alpha value is 0.506. The van der Waals surface area contributed by atoms with Gasteiger partial charge in [-0.1, -0.05) is 117 Å². The van der Waals surface area contributed by atoms with E-state index in [2.05, 4.69) is 13.8 Å². The minimum Gasteiger partial charge on any atom is -0.0654 e. The van der Waals surface area contributed by atoms with Gasteiger partial charge in [-0.15, -0.1) is 0 Å². The Kier molecular flexibility index (Phi) is 23.9. The molecule has 0 rings (SSSR count). The molecule has 0 aromatic carbocycles. The van der Waals surface area contributed by atoms with E-state index in [4.69, 9.17) is 0 Å². The van der Waals surface area contributed by atoms with E-state index in [0.717, 1.165) is 6.42 Å². The van der Waals surface area contributed by atoms with Crippen molar-refractivity contribution in [3.05, 3.63) is 6.92 Å². The second-order valence-corrected chi connectivity index (χ2v) is 5.80. The zero-order valence-electron chi connectivity index (χ0n) is 13.4. The molecule has 0 saturated carbocycles. The molecule has 0 aromatic rings. The average Bonchev–Trinajstić information content (AvgIpc) is 2.39. The fourth-order valence-electron chi connectivity index (χ4n) is 2.55. The Labute approximate surface area is 133 Å². The van der Waals surface area contributed by atoms with Crippen molar-refractivity contribution in [1.82, 2.24) is 0 Å². The molecule has 0 aliphatic heterocycles. The summed E-state index contributed by atoms with van der Waals surface area (Å²) in [6, 6.07) is 0. The molecule has 0 N–H and O–H groups in total. The van der Waals surface area contributed by atoms with Crippen molar-refractivity contribution in [2.75, 3.05) is 0 Å². The molecular weight excluding hydrogens is 275 g/mol. The molecule has 0 spiro atoms. The van der Waals surface area contributed by atoms with Gasteiger partial charge < -0.3 is 0 Å². The summed E-state index contributed by atoms with van der Waals surface area (Å²) in [5.41, 5.74) is 0. The second-order valence-electron chi connectivity index (χ2n) is 5.80. The summed E-state index contributed by atoms with van der Waals surface area (Å²) in [6.45, 7) is 6.18. The van der Waals surface area contributed by atoms with Gasteiger partial charge in [0.25, 0.3) is 0 Å². The third-order valence-corrected chi connectivity index (χ3v) is 3.85. The van der Waals surface area contributed by atoms with Crippen LogP contribution in [0.3, 0.4) is 0 Å². The van der Waals surface area contributed by atoms with Crippen molar-refractivity contribution in [1.29, 1.82) is 0 Å². The summed E-state index contributed by atoms with van der Waals surface area (Å²) in [4.78, 5) is 0. The molecule has 0 unspecified atom stereocenters. The largest absolute Gasteiger partial charge is 0.0654 e. The molecule has 1 heteroatoms. The average molecular weight is 312 g/mol. The van der Waals surface area contributed by atoms with Gasteiger partial charge in [0.15, 0.2) is 0 Å². The molecule has 0 aliphatic carbocycles. The van der Waals surface area contributed by atoms with E-state index >= 15 is 0 Å². The maximum atomic E-state index is 3.88. The molecule has 0 amide bonds. The Balaban J connectivity index is 0. The normalized spacial score (nSPS) is 10.4. The van der Waals surface area contributed by atoms with Crippen molar-refractivity contribution in [2.24, 2.45) is 0 Å². The van der Waals surface area contributed by atoms with E-state index in [9.17, 15) is 0 Å². The molecule has 0 bridgehead atoms. The van der Waals surface area contributed by atoms with E-state index in [1.807, 2.05) is 0 Å². The summed E-state index contributed by atoms with van der Waals surface area (Å²) in [7, 11) is 0. The van der Waals surface area contributed by atoms with Crippen LogP contribution in [-0.4, -0.2) is 0 Å². The van der Waals surface area contributed by atoms with Crippen molar-refractivity contribution in [3.63, 3.8) is 0 Å². The molecule has 0 aromatic heterocycles. The first-order chi connectivity index (χ1) is 8.91. The summed E-state index contributed by atoms with van der Waals surface area (Å²) in [5.74, 6) is 0. The minimum absolute atomic E-state index is 0. The van der Waals surface area contributed by atoms with Gasteiger partial charge in [-0.25, -0.2) is 0 Å². The van der Waals surface area contributed by atoms with Crippen LogP contribution in [0.2, 0.25) is 0 Å². The van der Waals surface area contributed by atoms with Crippen molar-refractivity contribution in [3.8, 4) is 0 Å². The van der Waals surface area contributed by atoms with Gasteiger partial charge in [0.05, 0.1) is 0 Å². The van der Waals surface area contributed by atoms with E-state index in [-0.39, 0.29) is 16.8 Å². The number of unbranched alkanes of at least 4 members (excludes halogenated alkanes) is 15. The van der Waals surface area contributed by atoms with Gasteiger partial charge in [0.2, 0.25) is 0 Å². The number of hydrogen-bond donors (Lipinski definition) is 0. The van der Waals surface area contributed by atoms with E-state index < -0.39 is 0 Å². The van der Waals surface area contributed by atoms with E-state index in [1.165, 1.54) is 96.3 Å². The maximum absolute atomic E-state index is 3.88. The van der Waals surface area contributed by atoms with Crippen LogP contribution in [0.1, 0.15) is 110 Å².